The topological polar surface area (TPSA) is 19.0 Å². The Balaban J connectivity index is 0.00000133. The van der Waals surface area contributed by atoms with Gasteiger partial charge in [0.1, 0.15) is 0 Å². The molecule has 2 aromatic rings. The normalized spacial score (nSPS) is 20.4. The van der Waals surface area contributed by atoms with Gasteiger partial charge in [-0.15, -0.1) is 12.4 Å². The van der Waals surface area contributed by atoms with E-state index in [1.807, 2.05) is 0 Å². The third-order valence-corrected chi connectivity index (χ3v) is 4.03. The Hall–Kier alpha value is -0.990. The second-order valence-electron chi connectivity index (χ2n) is 5.36. The highest BCUT2D eigenvalue weighted by molar-refractivity contribution is 5.85. The Morgan fingerprint density at radius 2 is 2.11 bits per heavy atom. The van der Waals surface area contributed by atoms with E-state index in [1.165, 1.54) is 55.4 Å². The van der Waals surface area contributed by atoms with Crippen LogP contribution < -0.4 is 0 Å². The molecule has 19 heavy (non-hydrogen) atoms. The fourth-order valence-corrected chi connectivity index (χ4v) is 3.17. The number of benzene rings is 1. The fraction of sp³-hybridized carbons (Fsp3) is 0.500. The summed E-state index contributed by atoms with van der Waals surface area (Å²) in [4.78, 5) is 6.26. The van der Waals surface area contributed by atoms with Gasteiger partial charge in [-0.05, 0) is 49.9 Å². The standard InChI is InChI=1S/C16H22N2.ClH/c1-2-10-18-11-6-5-9-16(18)15-12-13-7-3-4-8-14(13)17-15;/h3-4,7-8,12,16-17H,2,5-6,9-11H2,1H3;1H. The lowest BCUT2D eigenvalue weighted by Gasteiger charge is -2.35. The Kier molecular flexibility index (Phi) is 4.89. The van der Waals surface area contributed by atoms with Crippen LogP contribution in [0.25, 0.3) is 10.9 Å². The van der Waals surface area contributed by atoms with Gasteiger partial charge in [0.05, 0.1) is 0 Å². The van der Waals surface area contributed by atoms with Gasteiger partial charge in [0.25, 0.3) is 0 Å². The van der Waals surface area contributed by atoms with Crippen LogP contribution in [-0.4, -0.2) is 23.0 Å². The summed E-state index contributed by atoms with van der Waals surface area (Å²) in [5.74, 6) is 0. The molecule has 1 aliphatic heterocycles. The van der Waals surface area contributed by atoms with Crippen molar-refractivity contribution in [3.05, 3.63) is 36.0 Å². The van der Waals surface area contributed by atoms with Crippen molar-refractivity contribution < 1.29 is 0 Å². The quantitative estimate of drug-likeness (QED) is 0.874. The predicted molar refractivity (Wildman–Crippen MR) is 84.0 cm³/mol. The zero-order valence-corrected chi connectivity index (χ0v) is 12.4. The van der Waals surface area contributed by atoms with Crippen molar-refractivity contribution in [3.63, 3.8) is 0 Å². The molecule has 1 unspecified atom stereocenters. The first-order chi connectivity index (χ1) is 8.88. The van der Waals surface area contributed by atoms with Crippen molar-refractivity contribution >= 4 is 23.3 Å². The molecule has 3 heteroatoms. The van der Waals surface area contributed by atoms with Crippen LogP contribution in [0, 0.1) is 0 Å². The van der Waals surface area contributed by atoms with E-state index < -0.39 is 0 Å². The lowest BCUT2D eigenvalue weighted by Crippen LogP contribution is -2.34. The summed E-state index contributed by atoms with van der Waals surface area (Å²) in [7, 11) is 0. The van der Waals surface area contributed by atoms with Crippen LogP contribution in [0.5, 0.6) is 0 Å². The monoisotopic (exact) mass is 278 g/mol. The summed E-state index contributed by atoms with van der Waals surface area (Å²) >= 11 is 0. The average Bonchev–Trinajstić information content (AvgIpc) is 2.83. The van der Waals surface area contributed by atoms with E-state index >= 15 is 0 Å². The molecule has 0 bridgehead atoms. The van der Waals surface area contributed by atoms with Crippen molar-refractivity contribution in [1.82, 2.24) is 9.88 Å². The summed E-state index contributed by atoms with van der Waals surface area (Å²) < 4.78 is 0. The van der Waals surface area contributed by atoms with Crippen LogP contribution in [0.3, 0.4) is 0 Å². The number of piperidine rings is 1. The molecule has 2 heterocycles. The third-order valence-electron chi connectivity index (χ3n) is 4.03. The molecular formula is C16H23ClN2. The number of fused-ring (bicyclic) bond motifs is 1. The van der Waals surface area contributed by atoms with Crippen LogP contribution in [0.4, 0.5) is 0 Å². The molecule has 0 spiro atoms. The molecule has 0 radical (unpaired) electrons. The second-order valence-corrected chi connectivity index (χ2v) is 5.36. The van der Waals surface area contributed by atoms with Gasteiger partial charge in [-0.25, -0.2) is 0 Å². The van der Waals surface area contributed by atoms with E-state index in [0.717, 1.165) is 0 Å². The maximum Gasteiger partial charge on any atom is 0.0498 e. The van der Waals surface area contributed by atoms with Crippen LogP contribution in [-0.2, 0) is 0 Å². The van der Waals surface area contributed by atoms with Crippen LogP contribution in [0.15, 0.2) is 30.3 Å². The molecule has 0 aliphatic carbocycles. The van der Waals surface area contributed by atoms with Crippen LogP contribution in [0.1, 0.15) is 44.3 Å². The molecular weight excluding hydrogens is 256 g/mol. The zero-order chi connectivity index (χ0) is 12.4. The zero-order valence-electron chi connectivity index (χ0n) is 11.6. The minimum absolute atomic E-state index is 0. The smallest absolute Gasteiger partial charge is 0.0498 e. The minimum Gasteiger partial charge on any atom is -0.357 e. The molecule has 1 saturated heterocycles. The van der Waals surface area contributed by atoms with Crippen LogP contribution in [0.2, 0.25) is 0 Å². The molecule has 3 rings (SSSR count). The van der Waals surface area contributed by atoms with E-state index in [2.05, 4.69) is 47.1 Å². The van der Waals surface area contributed by atoms with Gasteiger partial charge in [0.2, 0.25) is 0 Å². The minimum atomic E-state index is 0. The Bertz CT molecular complexity index is 485. The molecule has 1 N–H and O–H groups in total. The maximum absolute atomic E-state index is 3.61. The van der Waals surface area contributed by atoms with Crippen molar-refractivity contribution in [3.8, 4) is 0 Å². The van der Waals surface area contributed by atoms with E-state index in [9.17, 15) is 0 Å². The van der Waals surface area contributed by atoms with Crippen molar-refractivity contribution in [1.29, 1.82) is 0 Å². The van der Waals surface area contributed by atoms with Crippen molar-refractivity contribution in [2.24, 2.45) is 0 Å². The first-order valence-electron chi connectivity index (χ1n) is 7.20. The molecule has 1 fully saturated rings. The van der Waals surface area contributed by atoms with Crippen molar-refractivity contribution in [2.45, 2.75) is 38.6 Å². The van der Waals surface area contributed by atoms with Gasteiger partial charge in [0.15, 0.2) is 0 Å². The number of nitrogens with one attached hydrogen (secondary N) is 1. The molecule has 1 aromatic carbocycles. The summed E-state index contributed by atoms with van der Waals surface area (Å²) in [6, 6.07) is 11.5. The average molecular weight is 279 g/mol. The van der Waals surface area contributed by atoms with Gasteiger partial charge in [0, 0.05) is 17.3 Å². The molecule has 2 nitrogen and oxygen atoms in total. The first-order valence-corrected chi connectivity index (χ1v) is 7.20. The van der Waals surface area contributed by atoms with Gasteiger partial charge in [-0.3, -0.25) is 4.90 Å². The largest absolute Gasteiger partial charge is 0.357 e. The molecule has 1 aliphatic rings. The number of aromatic amines is 1. The Morgan fingerprint density at radius 3 is 2.89 bits per heavy atom. The number of para-hydroxylation sites is 1. The van der Waals surface area contributed by atoms with Crippen molar-refractivity contribution in [2.75, 3.05) is 13.1 Å². The second kappa shape index (κ2) is 6.44. The molecule has 1 aromatic heterocycles. The summed E-state index contributed by atoms with van der Waals surface area (Å²) in [6.45, 7) is 4.75. The molecule has 1 atom stereocenters. The Labute approximate surface area is 121 Å². The number of rotatable bonds is 3. The molecule has 0 amide bonds. The fourth-order valence-electron chi connectivity index (χ4n) is 3.17. The number of likely N-dealkylation sites (tertiary alicyclic amines) is 1. The number of aromatic nitrogens is 1. The number of hydrogen-bond donors (Lipinski definition) is 1. The van der Waals surface area contributed by atoms with Gasteiger partial charge < -0.3 is 4.98 Å². The lowest BCUT2D eigenvalue weighted by molar-refractivity contribution is 0.146. The first kappa shape index (κ1) is 14.4. The summed E-state index contributed by atoms with van der Waals surface area (Å²) in [5.41, 5.74) is 2.68. The van der Waals surface area contributed by atoms with E-state index in [-0.39, 0.29) is 12.4 Å². The summed E-state index contributed by atoms with van der Waals surface area (Å²) in [5, 5.41) is 1.34. The molecule has 0 saturated carbocycles. The lowest BCUT2D eigenvalue weighted by atomic mass is 9.99. The number of halogens is 1. The number of H-pyrrole nitrogens is 1. The maximum atomic E-state index is 3.61. The van der Waals surface area contributed by atoms with E-state index in [0.29, 0.717) is 6.04 Å². The van der Waals surface area contributed by atoms with Gasteiger partial charge in [-0.1, -0.05) is 31.5 Å². The van der Waals surface area contributed by atoms with E-state index in [4.69, 9.17) is 0 Å². The Morgan fingerprint density at radius 1 is 1.26 bits per heavy atom. The van der Waals surface area contributed by atoms with Gasteiger partial charge in [-0.2, -0.15) is 0 Å². The van der Waals surface area contributed by atoms with Crippen LogP contribution >= 0.6 is 12.4 Å². The highest BCUT2D eigenvalue weighted by atomic mass is 35.5. The third kappa shape index (κ3) is 2.96. The SMILES string of the molecule is CCCN1CCCCC1c1cc2ccccc2[nH]1.Cl. The highest BCUT2D eigenvalue weighted by Gasteiger charge is 2.24. The van der Waals surface area contributed by atoms with E-state index in [1.54, 1.807) is 0 Å². The predicted octanol–water partition coefficient (Wildman–Crippen LogP) is 4.53. The number of nitrogens with zero attached hydrogens (tertiary/aromatic N) is 1. The highest BCUT2D eigenvalue weighted by Crippen LogP contribution is 2.32. The van der Waals surface area contributed by atoms with Gasteiger partial charge >= 0.3 is 0 Å². The summed E-state index contributed by atoms with van der Waals surface area (Å²) in [6.07, 6.45) is 5.26. The number of hydrogen-bond acceptors (Lipinski definition) is 1. The molecule has 104 valence electrons.